The Morgan fingerprint density at radius 1 is 0.633 bits per heavy atom. The second-order valence-corrected chi connectivity index (χ2v) is 15.7. The van der Waals surface area contributed by atoms with Crippen molar-refractivity contribution < 1.29 is 26.7 Å². The minimum atomic E-state index is -3.76. The molecule has 2 fully saturated rings. The number of aliphatic hydroxyl groups is 1. The molecule has 0 unspecified atom stereocenters. The largest absolute Gasteiger partial charge is 0.388 e. The molecule has 4 aromatic carbocycles. The number of Topliss-reactive ketones (excluding diaryl/α,β-unsaturated/α-hetero) is 1. The number of aromatic nitrogens is 2. The van der Waals surface area contributed by atoms with Crippen molar-refractivity contribution >= 4 is 59.1 Å². The Bertz CT molecular complexity index is 2230. The second-order valence-electron chi connectivity index (χ2n) is 11.8. The average Bonchev–Trinajstić information content (AvgIpc) is 3.14. The summed E-state index contributed by atoms with van der Waals surface area (Å²) in [5, 5.41) is 13.3. The van der Waals surface area contributed by atoms with E-state index in [9.17, 15) is 26.7 Å². The van der Waals surface area contributed by atoms with E-state index in [-0.39, 0.29) is 62.0 Å². The number of carbonyl (C=O) groups excluding carboxylic acids is 1. The van der Waals surface area contributed by atoms with Gasteiger partial charge in [0.25, 0.3) is 0 Å². The zero-order valence-corrected chi connectivity index (χ0v) is 27.6. The van der Waals surface area contributed by atoms with Gasteiger partial charge in [-0.15, -0.1) is 0 Å². The first-order chi connectivity index (χ1) is 23.1. The third-order valence-electron chi connectivity index (χ3n) is 8.98. The summed E-state index contributed by atoms with van der Waals surface area (Å²) in [6, 6.07) is 25.4. The van der Waals surface area contributed by atoms with Crippen LogP contribution in [0.15, 0.2) is 101 Å². The number of fused-ring (bicyclic) bond motifs is 2. The van der Waals surface area contributed by atoms with Crippen molar-refractivity contribution in [2.45, 2.75) is 17.2 Å². The van der Waals surface area contributed by atoms with Crippen LogP contribution in [0, 0.1) is 0 Å². The normalized spacial score (nSPS) is 16.5. The smallest absolute Gasteiger partial charge is 0.243 e. The first kappa shape index (κ1) is 34.4. The van der Waals surface area contributed by atoms with Gasteiger partial charge in [-0.05, 0) is 45.8 Å². The van der Waals surface area contributed by atoms with Crippen LogP contribution in [0.1, 0.15) is 17.8 Å². The molecule has 49 heavy (non-hydrogen) atoms. The maximum absolute atomic E-state index is 13.5. The van der Waals surface area contributed by atoms with Gasteiger partial charge in [0.15, 0.2) is 5.78 Å². The summed E-state index contributed by atoms with van der Waals surface area (Å²) in [6.07, 6.45) is 1.38. The van der Waals surface area contributed by atoms with E-state index in [0.29, 0.717) is 24.9 Å². The zero-order chi connectivity index (χ0) is 33.5. The van der Waals surface area contributed by atoms with E-state index in [1.807, 2.05) is 64.4 Å². The van der Waals surface area contributed by atoms with Gasteiger partial charge >= 0.3 is 0 Å². The van der Waals surface area contributed by atoms with Gasteiger partial charge in [-0.3, -0.25) is 4.79 Å². The molecule has 1 aromatic heterocycles. The van der Waals surface area contributed by atoms with Crippen LogP contribution in [0.25, 0.3) is 21.5 Å². The summed E-state index contributed by atoms with van der Waals surface area (Å²) < 4.78 is 57.0. The molecule has 0 radical (unpaired) electrons. The van der Waals surface area contributed by atoms with Crippen LogP contribution >= 0.6 is 0 Å². The van der Waals surface area contributed by atoms with Crippen LogP contribution in [-0.4, -0.2) is 105 Å². The van der Waals surface area contributed by atoms with Crippen molar-refractivity contribution in [3.05, 3.63) is 96.7 Å². The monoisotopic (exact) mass is 702 g/mol. The van der Waals surface area contributed by atoms with E-state index >= 15 is 0 Å². The van der Waals surface area contributed by atoms with Gasteiger partial charge in [-0.1, -0.05) is 68.1 Å². The maximum Gasteiger partial charge on any atom is 0.243 e. The molecular formula is C35H38N6O6S2. The summed E-state index contributed by atoms with van der Waals surface area (Å²) in [4.78, 5) is 26.0. The van der Waals surface area contributed by atoms with Crippen LogP contribution < -0.4 is 9.80 Å². The molecule has 0 aliphatic carbocycles. The Balaban J connectivity index is 0.00000417. The second kappa shape index (κ2) is 13.8. The summed E-state index contributed by atoms with van der Waals surface area (Å²) in [5.74, 6) is 0.0931. The molecule has 0 amide bonds. The number of rotatable bonds is 8. The van der Waals surface area contributed by atoms with Crippen molar-refractivity contribution in [1.29, 1.82) is 0 Å². The van der Waals surface area contributed by atoms with Gasteiger partial charge in [-0.2, -0.15) is 13.6 Å². The lowest BCUT2D eigenvalue weighted by molar-refractivity contribution is 0.0903. The number of ketones is 1. The molecule has 7 rings (SSSR count). The highest BCUT2D eigenvalue weighted by Crippen LogP contribution is 2.28. The molecule has 0 saturated carbocycles. The summed E-state index contributed by atoms with van der Waals surface area (Å²) in [6.45, 7) is 1.26. The van der Waals surface area contributed by atoms with Crippen LogP contribution in [0.4, 0.5) is 11.8 Å². The molecule has 14 heteroatoms. The minimum absolute atomic E-state index is 0. The van der Waals surface area contributed by atoms with E-state index in [1.165, 1.54) is 14.8 Å². The number of carbonyl (C=O) groups is 1. The standard InChI is InChI=1S/C34H34N6O6S2.CH4/c41-24-32(42)31-23-35-34(38-15-19-40(20-16-38)48(45,46)30-12-10-26-6-2-4-8-28(26)22-30)36-33(31)37-13-17-39(18-14-37)47(43,44)29-11-9-25-5-1-3-7-27(25)21-29;/h1-12,21-23,41H,13-20,24H2;1H4. The molecule has 2 aliphatic heterocycles. The quantitative estimate of drug-likeness (QED) is 0.238. The summed E-state index contributed by atoms with van der Waals surface area (Å²) in [7, 11) is -7.48. The van der Waals surface area contributed by atoms with Gasteiger partial charge in [0.2, 0.25) is 26.0 Å². The molecule has 12 nitrogen and oxygen atoms in total. The molecule has 0 spiro atoms. The molecule has 0 atom stereocenters. The first-order valence-corrected chi connectivity index (χ1v) is 18.5. The van der Waals surface area contributed by atoms with Crippen molar-refractivity contribution in [3.8, 4) is 0 Å². The van der Waals surface area contributed by atoms with Crippen LogP contribution in [0.5, 0.6) is 0 Å². The van der Waals surface area contributed by atoms with Gasteiger partial charge in [0.05, 0.1) is 15.4 Å². The fourth-order valence-corrected chi connectivity index (χ4v) is 9.18. The number of sulfonamides is 2. The Labute approximate surface area is 286 Å². The third-order valence-corrected chi connectivity index (χ3v) is 12.8. The van der Waals surface area contributed by atoms with Crippen molar-refractivity contribution in [3.63, 3.8) is 0 Å². The van der Waals surface area contributed by atoms with Gasteiger partial charge in [0.1, 0.15) is 12.4 Å². The molecule has 2 saturated heterocycles. The van der Waals surface area contributed by atoms with Crippen LogP contribution in [0.2, 0.25) is 0 Å². The predicted molar refractivity (Wildman–Crippen MR) is 190 cm³/mol. The van der Waals surface area contributed by atoms with Gasteiger partial charge in [-0.25, -0.2) is 21.8 Å². The van der Waals surface area contributed by atoms with Gasteiger partial charge in [0, 0.05) is 58.6 Å². The maximum atomic E-state index is 13.5. The number of hydrogen-bond acceptors (Lipinski definition) is 10. The van der Waals surface area contributed by atoms with Crippen molar-refractivity contribution in [1.82, 2.24) is 18.6 Å². The van der Waals surface area contributed by atoms with Crippen LogP contribution in [0.3, 0.4) is 0 Å². The Hall–Kier alpha value is -4.47. The number of aliphatic hydroxyl groups excluding tert-OH is 1. The highest BCUT2D eigenvalue weighted by atomic mass is 32.2. The molecule has 2 aliphatic rings. The topological polar surface area (TPSA) is 144 Å². The van der Waals surface area contributed by atoms with Crippen LogP contribution in [-0.2, 0) is 20.0 Å². The average molecular weight is 703 g/mol. The zero-order valence-electron chi connectivity index (χ0n) is 26.0. The van der Waals surface area contributed by atoms with Crippen molar-refractivity contribution in [2.75, 3.05) is 68.8 Å². The van der Waals surface area contributed by atoms with Gasteiger partial charge < -0.3 is 14.9 Å². The summed E-state index contributed by atoms with van der Waals surface area (Å²) in [5.41, 5.74) is 0.143. The molecule has 5 aromatic rings. The lowest BCUT2D eigenvalue weighted by Gasteiger charge is -2.37. The number of anilines is 2. The highest BCUT2D eigenvalue weighted by molar-refractivity contribution is 7.89. The highest BCUT2D eigenvalue weighted by Gasteiger charge is 2.33. The molecular weight excluding hydrogens is 665 g/mol. The Kier molecular flexibility index (Phi) is 9.69. The van der Waals surface area contributed by atoms with E-state index in [1.54, 1.807) is 30.3 Å². The first-order valence-electron chi connectivity index (χ1n) is 15.6. The minimum Gasteiger partial charge on any atom is -0.388 e. The molecule has 3 heterocycles. The number of benzene rings is 4. The Morgan fingerprint density at radius 3 is 1.55 bits per heavy atom. The fourth-order valence-electron chi connectivity index (χ4n) is 6.26. The number of piperazine rings is 2. The van der Waals surface area contributed by atoms with E-state index in [4.69, 9.17) is 4.98 Å². The van der Waals surface area contributed by atoms with E-state index in [0.717, 1.165) is 21.5 Å². The SMILES string of the molecule is C.O=C(CO)c1cnc(N2CCN(S(=O)(=O)c3ccc4ccccc4c3)CC2)nc1N1CCN(S(=O)(=O)c2ccc3ccccc3c2)CC1. The fraction of sp³-hybridized carbons (Fsp3) is 0.286. The lowest BCUT2D eigenvalue weighted by atomic mass is 10.1. The van der Waals surface area contributed by atoms with E-state index < -0.39 is 32.4 Å². The number of hydrogen-bond donors (Lipinski definition) is 1. The van der Waals surface area contributed by atoms with E-state index in [2.05, 4.69) is 4.98 Å². The summed E-state index contributed by atoms with van der Waals surface area (Å²) >= 11 is 0. The van der Waals surface area contributed by atoms with Crippen molar-refractivity contribution in [2.24, 2.45) is 0 Å². The predicted octanol–water partition coefficient (Wildman–Crippen LogP) is 3.62. The lowest BCUT2D eigenvalue weighted by Crippen LogP contribution is -2.50. The number of nitrogens with zero attached hydrogens (tertiary/aromatic N) is 6. The Morgan fingerprint density at radius 2 is 1.08 bits per heavy atom. The molecule has 0 bridgehead atoms. The molecule has 1 N–H and O–H groups in total. The third kappa shape index (κ3) is 6.62. The molecule has 256 valence electrons.